The molecule has 32 heavy (non-hydrogen) atoms. The molecule has 1 aliphatic heterocycles. The van der Waals surface area contributed by atoms with Gasteiger partial charge in [0.25, 0.3) is 5.91 Å². The van der Waals surface area contributed by atoms with E-state index in [0.29, 0.717) is 24.4 Å². The first-order valence-corrected chi connectivity index (χ1v) is 11.2. The van der Waals surface area contributed by atoms with Crippen LogP contribution in [-0.2, 0) is 17.8 Å². The van der Waals surface area contributed by atoms with Gasteiger partial charge < -0.3 is 5.32 Å². The predicted molar refractivity (Wildman–Crippen MR) is 129 cm³/mol. The maximum atomic E-state index is 13.6. The van der Waals surface area contributed by atoms with E-state index in [2.05, 4.69) is 19.2 Å². The zero-order valence-corrected chi connectivity index (χ0v) is 19.2. The molecule has 0 aromatic heterocycles. The molecule has 3 aromatic carbocycles. The van der Waals surface area contributed by atoms with Crippen molar-refractivity contribution >= 4 is 17.5 Å². The summed E-state index contributed by atoms with van der Waals surface area (Å²) in [7, 11) is 0. The molecule has 0 fully saturated rings. The summed E-state index contributed by atoms with van der Waals surface area (Å²) in [6.07, 6.45) is 0.459. The minimum Gasteiger partial charge on any atom is -0.350 e. The quantitative estimate of drug-likeness (QED) is 0.594. The molecule has 4 rings (SSSR count). The summed E-state index contributed by atoms with van der Waals surface area (Å²) in [6, 6.07) is 23.6. The van der Waals surface area contributed by atoms with Gasteiger partial charge in [-0.1, -0.05) is 68.4 Å². The summed E-state index contributed by atoms with van der Waals surface area (Å²) < 4.78 is 0. The van der Waals surface area contributed by atoms with Gasteiger partial charge in [0.15, 0.2) is 0 Å². The van der Waals surface area contributed by atoms with E-state index in [-0.39, 0.29) is 11.8 Å². The third-order valence-electron chi connectivity index (χ3n) is 6.49. The lowest BCUT2D eigenvalue weighted by Gasteiger charge is -2.44. The van der Waals surface area contributed by atoms with Crippen molar-refractivity contribution in [1.82, 2.24) is 5.32 Å². The number of hydrogen-bond donors (Lipinski definition) is 1. The van der Waals surface area contributed by atoms with Crippen molar-refractivity contribution in [3.05, 3.63) is 101 Å². The lowest BCUT2D eigenvalue weighted by Crippen LogP contribution is -2.63. The van der Waals surface area contributed by atoms with Crippen LogP contribution in [0.5, 0.6) is 0 Å². The van der Waals surface area contributed by atoms with E-state index in [9.17, 15) is 9.59 Å². The number of hydrogen-bond acceptors (Lipinski definition) is 2. The molecule has 1 N–H and O–H groups in total. The second-order valence-electron chi connectivity index (χ2n) is 9.10. The minimum atomic E-state index is -1.03. The fourth-order valence-electron chi connectivity index (χ4n) is 4.44. The van der Waals surface area contributed by atoms with Crippen LogP contribution in [0.1, 0.15) is 59.3 Å². The van der Waals surface area contributed by atoms with Crippen LogP contribution in [0.4, 0.5) is 5.69 Å². The van der Waals surface area contributed by atoms with Gasteiger partial charge in [-0.05, 0) is 60.2 Å². The van der Waals surface area contributed by atoms with Gasteiger partial charge in [0, 0.05) is 24.2 Å². The molecule has 0 saturated carbocycles. The predicted octanol–water partition coefficient (Wildman–Crippen LogP) is 5.40. The molecule has 1 atom stereocenters. The fraction of sp³-hybridized carbons (Fsp3) is 0.286. The van der Waals surface area contributed by atoms with Gasteiger partial charge in [0.05, 0.1) is 0 Å². The summed E-state index contributed by atoms with van der Waals surface area (Å²) >= 11 is 0. The first-order chi connectivity index (χ1) is 15.3. The molecule has 0 radical (unpaired) electrons. The maximum Gasteiger partial charge on any atom is 0.259 e. The standard InChI is InChI=1S/C28H30N2O2/c1-19(2)21-13-15-24(16-14-21)30-26(31)25-12-8-7-10-22(25)17-28(30,4)27(32)29-18-23-11-6-5-9-20(23)3/h5-16,19H,17-18H2,1-4H3,(H,29,32)/t28-/m1/s1. The van der Waals surface area contributed by atoms with Crippen molar-refractivity contribution in [2.24, 2.45) is 0 Å². The fourth-order valence-corrected chi connectivity index (χ4v) is 4.44. The molecular formula is C28H30N2O2. The number of aryl methyl sites for hydroxylation is 1. The van der Waals surface area contributed by atoms with E-state index in [1.807, 2.05) is 86.6 Å². The highest BCUT2D eigenvalue weighted by molar-refractivity contribution is 6.14. The highest BCUT2D eigenvalue weighted by Crippen LogP contribution is 2.36. The number of nitrogens with zero attached hydrogens (tertiary/aromatic N) is 1. The van der Waals surface area contributed by atoms with E-state index in [1.165, 1.54) is 5.56 Å². The Kier molecular flexibility index (Phi) is 5.88. The average Bonchev–Trinajstić information content (AvgIpc) is 2.78. The number of amides is 2. The van der Waals surface area contributed by atoms with Crippen molar-refractivity contribution in [2.75, 3.05) is 4.90 Å². The number of anilines is 1. The zero-order valence-electron chi connectivity index (χ0n) is 19.2. The van der Waals surface area contributed by atoms with Gasteiger partial charge >= 0.3 is 0 Å². The number of carbonyl (C=O) groups excluding carboxylic acids is 2. The van der Waals surface area contributed by atoms with Crippen molar-refractivity contribution in [3.8, 4) is 0 Å². The Bertz CT molecular complexity index is 1150. The van der Waals surface area contributed by atoms with Gasteiger partial charge in [-0.25, -0.2) is 0 Å². The van der Waals surface area contributed by atoms with Crippen LogP contribution in [0, 0.1) is 6.92 Å². The van der Waals surface area contributed by atoms with Crippen molar-refractivity contribution in [2.45, 2.75) is 52.1 Å². The van der Waals surface area contributed by atoms with Gasteiger partial charge in [-0.2, -0.15) is 0 Å². The number of fused-ring (bicyclic) bond motifs is 1. The van der Waals surface area contributed by atoms with E-state index in [0.717, 1.165) is 22.4 Å². The Hall–Kier alpha value is -3.40. The Morgan fingerprint density at radius 3 is 2.34 bits per heavy atom. The van der Waals surface area contributed by atoms with E-state index in [1.54, 1.807) is 4.90 Å². The van der Waals surface area contributed by atoms with Crippen LogP contribution >= 0.6 is 0 Å². The van der Waals surface area contributed by atoms with E-state index >= 15 is 0 Å². The lowest BCUT2D eigenvalue weighted by molar-refractivity contribution is -0.126. The lowest BCUT2D eigenvalue weighted by atomic mass is 9.82. The van der Waals surface area contributed by atoms with Crippen LogP contribution < -0.4 is 10.2 Å². The van der Waals surface area contributed by atoms with Crippen molar-refractivity contribution < 1.29 is 9.59 Å². The average molecular weight is 427 g/mol. The summed E-state index contributed by atoms with van der Waals surface area (Å²) in [5.41, 5.74) is 4.66. The Labute approximate surface area is 190 Å². The van der Waals surface area contributed by atoms with Crippen LogP contribution in [0.15, 0.2) is 72.8 Å². The Balaban J connectivity index is 1.71. The summed E-state index contributed by atoms with van der Waals surface area (Å²) in [4.78, 5) is 28.9. The SMILES string of the molecule is Cc1ccccc1CNC(=O)[C@@]1(C)Cc2ccccc2C(=O)N1c1ccc(C(C)C)cc1. The molecule has 4 heteroatoms. The highest BCUT2D eigenvalue weighted by Gasteiger charge is 2.47. The smallest absolute Gasteiger partial charge is 0.259 e. The van der Waals surface area contributed by atoms with E-state index < -0.39 is 5.54 Å². The number of nitrogens with one attached hydrogen (secondary N) is 1. The highest BCUT2D eigenvalue weighted by atomic mass is 16.2. The molecule has 3 aromatic rings. The largest absolute Gasteiger partial charge is 0.350 e. The monoisotopic (exact) mass is 426 g/mol. The van der Waals surface area contributed by atoms with Crippen molar-refractivity contribution in [3.63, 3.8) is 0 Å². The summed E-state index contributed by atoms with van der Waals surface area (Å²) in [5.74, 6) is 0.0971. The molecular weight excluding hydrogens is 396 g/mol. The molecule has 2 amide bonds. The van der Waals surface area contributed by atoms with Crippen LogP contribution in [0.3, 0.4) is 0 Å². The first-order valence-electron chi connectivity index (χ1n) is 11.2. The molecule has 1 heterocycles. The number of rotatable bonds is 5. The molecule has 0 spiro atoms. The van der Waals surface area contributed by atoms with E-state index in [4.69, 9.17) is 0 Å². The third-order valence-corrected chi connectivity index (χ3v) is 6.49. The van der Waals surface area contributed by atoms with Crippen molar-refractivity contribution in [1.29, 1.82) is 0 Å². The van der Waals surface area contributed by atoms with Gasteiger partial charge in [-0.15, -0.1) is 0 Å². The number of benzene rings is 3. The molecule has 4 nitrogen and oxygen atoms in total. The normalized spacial score (nSPS) is 17.9. The first kappa shape index (κ1) is 21.8. The minimum absolute atomic E-state index is 0.141. The Morgan fingerprint density at radius 2 is 1.66 bits per heavy atom. The number of carbonyl (C=O) groups is 2. The Morgan fingerprint density at radius 1 is 1.00 bits per heavy atom. The molecule has 164 valence electrons. The third kappa shape index (κ3) is 3.93. The topological polar surface area (TPSA) is 49.4 Å². The van der Waals surface area contributed by atoms with Gasteiger partial charge in [0.1, 0.15) is 5.54 Å². The summed E-state index contributed by atoms with van der Waals surface area (Å²) in [5, 5.41) is 3.10. The second-order valence-corrected chi connectivity index (χ2v) is 9.10. The molecule has 0 bridgehead atoms. The maximum absolute atomic E-state index is 13.6. The van der Waals surface area contributed by atoms with Crippen LogP contribution in [0.25, 0.3) is 0 Å². The second kappa shape index (κ2) is 8.62. The van der Waals surface area contributed by atoms with Gasteiger partial charge in [-0.3, -0.25) is 14.5 Å². The molecule has 1 aliphatic rings. The molecule has 0 unspecified atom stereocenters. The van der Waals surface area contributed by atoms with Gasteiger partial charge in [0.2, 0.25) is 5.91 Å². The molecule has 0 saturated heterocycles. The summed E-state index contributed by atoms with van der Waals surface area (Å²) in [6.45, 7) is 8.61. The zero-order chi connectivity index (χ0) is 22.9. The molecule has 0 aliphatic carbocycles. The van der Waals surface area contributed by atoms with Crippen LogP contribution in [0.2, 0.25) is 0 Å². The van der Waals surface area contributed by atoms with Crippen LogP contribution in [-0.4, -0.2) is 17.4 Å².